The molecule has 0 heterocycles. The summed E-state index contributed by atoms with van der Waals surface area (Å²) in [5.74, 6) is 0. The summed E-state index contributed by atoms with van der Waals surface area (Å²) in [6.07, 6.45) is 2.62. The Hall–Kier alpha value is -0.540. The first-order valence-electron chi connectivity index (χ1n) is 4.60. The highest BCUT2D eigenvalue weighted by Crippen LogP contribution is 2.31. The molecule has 1 aromatic carbocycles. The first kappa shape index (κ1) is 9.99. The molecule has 0 radical (unpaired) electrons. The van der Waals surface area contributed by atoms with Crippen molar-refractivity contribution in [3.63, 3.8) is 0 Å². The molecule has 0 aliphatic heterocycles. The maximum atomic E-state index is 11.9. The molecule has 0 N–H and O–H groups in total. The molecular formula is C10H11ClO2S. The molecule has 14 heavy (non-hydrogen) atoms. The quantitative estimate of drug-likeness (QED) is 0.783. The average Bonchev–Trinajstić information content (AvgIpc) is 2.00. The predicted octanol–water partition coefficient (Wildman–Crippen LogP) is 2.67. The predicted molar refractivity (Wildman–Crippen MR) is 56.3 cm³/mol. The van der Waals surface area contributed by atoms with E-state index in [0.717, 1.165) is 19.3 Å². The van der Waals surface area contributed by atoms with Crippen LogP contribution in [0.15, 0.2) is 29.2 Å². The zero-order valence-corrected chi connectivity index (χ0v) is 9.18. The van der Waals surface area contributed by atoms with Gasteiger partial charge in [0, 0.05) is 5.02 Å². The van der Waals surface area contributed by atoms with Gasteiger partial charge in [0.2, 0.25) is 0 Å². The first-order chi connectivity index (χ1) is 6.60. The molecule has 0 bridgehead atoms. The van der Waals surface area contributed by atoms with Crippen molar-refractivity contribution >= 4 is 21.4 Å². The summed E-state index contributed by atoms with van der Waals surface area (Å²) < 4.78 is 23.8. The van der Waals surface area contributed by atoms with Crippen molar-refractivity contribution in [2.45, 2.75) is 29.4 Å². The van der Waals surface area contributed by atoms with Crippen molar-refractivity contribution in [2.24, 2.45) is 0 Å². The van der Waals surface area contributed by atoms with Gasteiger partial charge in [-0.3, -0.25) is 0 Å². The van der Waals surface area contributed by atoms with E-state index in [9.17, 15) is 8.42 Å². The Labute approximate surface area is 88.8 Å². The maximum Gasteiger partial charge on any atom is 0.181 e. The zero-order valence-electron chi connectivity index (χ0n) is 7.61. The molecule has 0 amide bonds. The fourth-order valence-electron chi connectivity index (χ4n) is 1.50. The van der Waals surface area contributed by atoms with Crippen molar-refractivity contribution in [3.05, 3.63) is 29.3 Å². The average molecular weight is 231 g/mol. The van der Waals surface area contributed by atoms with E-state index >= 15 is 0 Å². The topological polar surface area (TPSA) is 34.1 Å². The molecule has 1 aromatic rings. The first-order valence-corrected chi connectivity index (χ1v) is 6.52. The number of rotatable bonds is 2. The number of hydrogen-bond acceptors (Lipinski definition) is 2. The molecule has 0 unspecified atom stereocenters. The van der Waals surface area contributed by atoms with Gasteiger partial charge >= 0.3 is 0 Å². The Kier molecular flexibility index (Phi) is 2.54. The van der Waals surface area contributed by atoms with E-state index in [1.807, 2.05) is 0 Å². The van der Waals surface area contributed by atoms with Gasteiger partial charge in [0.1, 0.15) is 0 Å². The van der Waals surface area contributed by atoms with Gasteiger partial charge in [-0.1, -0.05) is 18.0 Å². The van der Waals surface area contributed by atoms with Crippen molar-refractivity contribution in [1.82, 2.24) is 0 Å². The molecule has 1 aliphatic carbocycles. The van der Waals surface area contributed by atoms with E-state index < -0.39 is 9.84 Å². The van der Waals surface area contributed by atoms with Gasteiger partial charge < -0.3 is 0 Å². The summed E-state index contributed by atoms with van der Waals surface area (Å²) in [5.41, 5.74) is 0. The lowest BCUT2D eigenvalue weighted by atomic mass is 10.00. The number of benzene rings is 1. The van der Waals surface area contributed by atoms with E-state index in [0.29, 0.717) is 9.92 Å². The van der Waals surface area contributed by atoms with Crippen LogP contribution in [0.1, 0.15) is 19.3 Å². The molecule has 1 fully saturated rings. The molecule has 0 saturated heterocycles. The summed E-state index contributed by atoms with van der Waals surface area (Å²) in [6.45, 7) is 0. The van der Waals surface area contributed by atoms with Crippen LogP contribution in [0, 0.1) is 0 Å². The maximum absolute atomic E-state index is 11.9. The van der Waals surface area contributed by atoms with Crippen LogP contribution in [0.25, 0.3) is 0 Å². The van der Waals surface area contributed by atoms with Gasteiger partial charge in [-0.2, -0.15) is 0 Å². The highest BCUT2D eigenvalue weighted by molar-refractivity contribution is 7.92. The molecule has 1 saturated carbocycles. The molecule has 76 valence electrons. The van der Waals surface area contributed by atoms with Crippen LogP contribution >= 0.6 is 11.6 Å². The van der Waals surface area contributed by atoms with E-state index in [1.165, 1.54) is 0 Å². The van der Waals surface area contributed by atoms with Crippen molar-refractivity contribution in [3.8, 4) is 0 Å². The van der Waals surface area contributed by atoms with Gasteiger partial charge in [-0.25, -0.2) is 8.42 Å². The van der Waals surface area contributed by atoms with Crippen molar-refractivity contribution in [1.29, 1.82) is 0 Å². The van der Waals surface area contributed by atoms with Crippen LogP contribution in [-0.4, -0.2) is 13.7 Å². The fourth-order valence-corrected chi connectivity index (χ4v) is 3.48. The SMILES string of the molecule is O=S(=O)(c1ccc(Cl)cc1)C1CCC1. The smallest absolute Gasteiger partial charge is 0.181 e. The molecule has 2 rings (SSSR count). The lowest BCUT2D eigenvalue weighted by molar-refractivity contribution is 0.477. The molecule has 1 aliphatic rings. The fraction of sp³-hybridized carbons (Fsp3) is 0.400. The van der Waals surface area contributed by atoms with Crippen LogP contribution < -0.4 is 0 Å². The highest BCUT2D eigenvalue weighted by atomic mass is 35.5. The van der Waals surface area contributed by atoms with Gasteiger partial charge in [-0.15, -0.1) is 0 Å². The van der Waals surface area contributed by atoms with E-state index in [2.05, 4.69) is 0 Å². The lowest BCUT2D eigenvalue weighted by Crippen LogP contribution is -2.28. The third kappa shape index (κ3) is 1.66. The Morgan fingerprint density at radius 2 is 1.71 bits per heavy atom. The van der Waals surface area contributed by atoms with Crippen LogP contribution in [0.3, 0.4) is 0 Å². The zero-order chi connectivity index (χ0) is 10.2. The highest BCUT2D eigenvalue weighted by Gasteiger charge is 2.32. The van der Waals surface area contributed by atoms with E-state index in [4.69, 9.17) is 11.6 Å². The van der Waals surface area contributed by atoms with Crippen LogP contribution in [0.2, 0.25) is 5.02 Å². The van der Waals surface area contributed by atoms with Gasteiger partial charge in [-0.05, 0) is 37.1 Å². The molecule has 2 nitrogen and oxygen atoms in total. The summed E-state index contributed by atoms with van der Waals surface area (Å²) in [5, 5.41) is 0.404. The summed E-state index contributed by atoms with van der Waals surface area (Å²) in [7, 11) is -3.08. The normalized spacial score (nSPS) is 17.8. The van der Waals surface area contributed by atoms with E-state index in [1.54, 1.807) is 24.3 Å². The van der Waals surface area contributed by atoms with Crippen molar-refractivity contribution in [2.75, 3.05) is 0 Å². The van der Waals surface area contributed by atoms with Crippen LogP contribution in [0.4, 0.5) is 0 Å². The van der Waals surface area contributed by atoms with Crippen molar-refractivity contribution < 1.29 is 8.42 Å². The Bertz CT molecular complexity index is 418. The minimum atomic E-state index is -3.08. The molecule has 0 aromatic heterocycles. The van der Waals surface area contributed by atoms with Gasteiger partial charge in [0.25, 0.3) is 0 Å². The Balaban J connectivity index is 2.34. The summed E-state index contributed by atoms with van der Waals surface area (Å²) >= 11 is 5.69. The minimum absolute atomic E-state index is 0.163. The van der Waals surface area contributed by atoms with Gasteiger partial charge in [0.05, 0.1) is 10.1 Å². The second-order valence-corrected chi connectivity index (χ2v) is 6.22. The monoisotopic (exact) mass is 230 g/mol. The molecule has 0 atom stereocenters. The second kappa shape index (κ2) is 3.55. The summed E-state index contributed by atoms with van der Waals surface area (Å²) in [6, 6.07) is 6.40. The largest absolute Gasteiger partial charge is 0.223 e. The third-order valence-corrected chi connectivity index (χ3v) is 5.16. The number of sulfone groups is 1. The second-order valence-electron chi connectivity index (χ2n) is 3.55. The minimum Gasteiger partial charge on any atom is -0.223 e. The van der Waals surface area contributed by atoms with Crippen LogP contribution in [0.5, 0.6) is 0 Å². The third-order valence-electron chi connectivity index (χ3n) is 2.63. The molecular weight excluding hydrogens is 220 g/mol. The molecule has 0 spiro atoms. The summed E-state index contributed by atoms with van der Waals surface area (Å²) in [4.78, 5) is 0.395. The Morgan fingerprint density at radius 1 is 1.14 bits per heavy atom. The number of hydrogen-bond donors (Lipinski definition) is 0. The van der Waals surface area contributed by atoms with Crippen LogP contribution in [-0.2, 0) is 9.84 Å². The molecule has 4 heteroatoms. The number of halogens is 1. The van der Waals surface area contributed by atoms with Gasteiger partial charge in [0.15, 0.2) is 9.84 Å². The standard InChI is InChI=1S/C10H11ClO2S/c11-8-4-6-10(7-5-8)14(12,13)9-2-1-3-9/h4-7,9H,1-3H2. The lowest BCUT2D eigenvalue weighted by Gasteiger charge is -2.25. The van der Waals surface area contributed by atoms with E-state index in [-0.39, 0.29) is 5.25 Å². The Morgan fingerprint density at radius 3 is 2.14 bits per heavy atom.